The van der Waals surface area contributed by atoms with Crippen LogP contribution < -0.4 is 0 Å². The average molecular weight is 346 g/mol. The summed E-state index contributed by atoms with van der Waals surface area (Å²) in [5.74, 6) is 1.22. The molecular weight excluding hydrogens is 316 g/mol. The first-order chi connectivity index (χ1) is 11.8. The van der Waals surface area contributed by atoms with Crippen molar-refractivity contribution in [3.05, 3.63) is 11.6 Å². The number of rotatable bonds is 4. The molecule has 0 aromatic heterocycles. The summed E-state index contributed by atoms with van der Waals surface area (Å²) in [5, 5.41) is 10.6. The standard InChI is InChI=1S/C21H30O4/c1-12(2)16-7-17-19(10-22)9-21(16,18(24)25-4)20(17,11-23)8-14-13(3)5-6-15(14)19/h7,10,12-15,17,23H,5-6,8-9,11H2,1-4H3/t13-,14-,15-,17-,19-,20-,21+/m1/s1. The Bertz CT molecular complexity index is 652. The monoisotopic (exact) mass is 346 g/mol. The van der Waals surface area contributed by atoms with Gasteiger partial charge in [-0.1, -0.05) is 38.8 Å². The number of carbonyl (C=O) groups is 2. The zero-order valence-electron chi connectivity index (χ0n) is 15.7. The molecule has 4 rings (SSSR count). The van der Waals surface area contributed by atoms with Crippen LogP contribution in [-0.2, 0) is 14.3 Å². The zero-order chi connectivity index (χ0) is 18.2. The Hall–Kier alpha value is -1.16. The number of allylic oxidation sites excluding steroid dienone is 1. The molecule has 0 radical (unpaired) electrons. The van der Waals surface area contributed by atoms with E-state index in [0.29, 0.717) is 24.2 Å². The highest BCUT2D eigenvalue weighted by atomic mass is 16.5. The van der Waals surface area contributed by atoms with Gasteiger partial charge in [0, 0.05) is 10.8 Å². The summed E-state index contributed by atoms with van der Waals surface area (Å²) in [6, 6.07) is 0. The lowest BCUT2D eigenvalue weighted by atomic mass is 9.53. The van der Waals surface area contributed by atoms with Crippen LogP contribution in [0.25, 0.3) is 0 Å². The average Bonchev–Trinajstić information content (AvgIpc) is 3.18. The van der Waals surface area contributed by atoms with Crippen molar-refractivity contribution in [3.8, 4) is 0 Å². The minimum Gasteiger partial charge on any atom is -0.468 e. The summed E-state index contributed by atoms with van der Waals surface area (Å²) in [4.78, 5) is 25.7. The molecule has 3 saturated carbocycles. The maximum Gasteiger partial charge on any atom is 0.316 e. The molecule has 0 aromatic carbocycles. The van der Waals surface area contributed by atoms with Crippen LogP contribution >= 0.6 is 0 Å². The van der Waals surface area contributed by atoms with E-state index in [1.54, 1.807) is 0 Å². The van der Waals surface area contributed by atoms with Crippen molar-refractivity contribution in [3.63, 3.8) is 0 Å². The summed E-state index contributed by atoms with van der Waals surface area (Å²) in [6.45, 7) is 6.42. The van der Waals surface area contributed by atoms with Crippen LogP contribution in [0.4, 0.5) is 0 Å². The highest BCUT2D eigenvalue weighted by molar-refractivity contribution is 5.87. The van der Waals surface area contributed by atoms with E-state index in [2.05, 4.69) is 26.8 Å². The first-order valence-corrected chi connectivity index (χ1v) is 9.72. The third kappa shape index (κ3) is 1.64. The number of aldehydes is 1. The molecule has 0 unspecified atom stereocenters. The number of hydrogen-bond donors (Lipinski definition) is 1. The topological polar surface area (TPSA) is 63.6 Å². The Morgan fingerprint density at radius 2 is 2.16 bits per heavy atom. The molecule has 0 saturated heterocycles. The Labute approximate surface area is 150 Å². The van der Waals surface area contributed by atoms with Gasteiger partial charge < -0.3 is 14.6 Å². The summed E-state index contributed by atoms with van der Waals surface area (Å²) >= 11 is 0. The molecule has 4 aliphatic carbocycles. The molecule has 0 aromatic rings. The van der Waals surface area contributed by atoms with Gasteiger partial charge in [-0.2, -0.15) is 0 Å². The molecule has 0 spiro atoms. The van der Waals surface area contributed by atoms with E-state index in [1.807, 2.05) is 0 Å². The van der Waals surface area contributed by atoms with Crippen LogP contribution in [-0.4, -0.2) is 31.1 Å². The number of esters is 1. The molecule has 7 atom stereocenters. The third-order valence-corrected chi connectivity index (χ3v) is 8.56. The molecule has 0 aliphatic heterocycles. The molecule has 138 valence electrons. The summed E-state index contributed by atoms with van der Waals surface area (Å²) in [5.41, 5.74) is -0.826. The molecule has 4 heteroatoms. The van der Waals surface area contributed by atoms with Gasteiger partial charge in [-0.25, -0.2) is 0 Å². The Kier molecular flexibility index (Phi) is 3.58. The van der Waals surface area contributed by atoms with E-state index in [1.165, 1.54) is 7.11 Å². The van der Waals surface area contributed by atoms with Gasteiger partial charge in [0.2, 0.25) is 0 Å². The number of aliphatic hydroxyl groups excluding tert-OH is 1. The van der Waals surface area contributed by atoms with Gasteiger partial charge >= 0.3 is 5.97 Å². The molecule has 1 N–H and O–H groups in total. The van der Waals surface area contributed by atoms with Gasteiger partial charge in [-0.3, -0.25) is 4.79 Å². The van der Waals surface area contributed by atoms with E-state index >= 15 is 0 Å². The van der Waals surface area contributed by atoms with Crippen molar-refractivity contribution in [1.29, 1.82) is 0 Å². The Morgan fingerprint density at radius 3 is 2.72 bits per heavy atom. The third-order valence-electron chi connectivity index (χ3n) is 8.56. The van der Waals surface area contributed by atoms with Gasteiger partial charge in [0.05, 0.1) is 19.1 Å². The second kappa shape index (κ2) is 5.18. The zero-order valence-corrected chi connectivity index (χ0v) is 15.7. The molecular formula is C21H30O4. The van der Waals surface area contributed by atoms with Crippen LogP contribution in [0.1, 0.15) is 46.5 Å². The van der Waals surface area contributed by atoms with Crippen LogP contribution in [0.2, 0.25) is 0 Å². The predicted octanol–water partition coefficient (Wildman–Crippen LogP) is 2.99. The number of ether oxygens (including phenoxy) is 1. The first-order valence-electron chi connectivity index (χ1n) is 9.72. The van der Waals surface area contributed by atoms with Crippen LogP contribution in [0.5, 0.6) is 0 Å². The lowest BCUT2D eigenvalue weighted by Gasteiger charge is -2.50. The molecule has 4 aliphatic rings. The fourth-order valence-electron chi connectivity index (χ4n) is 7.67. The van der Waals surface area contributed by atoms with Crippen LogP contribution in [0, 0.1) is 45.8 Å². The van der Waals surface area contributed by atoms with E-state index in [4.69, 9.17) is 4.74 Å². The smallest absolute Gasteiger partial charge is 0.316 e. The molecule has 3 fully saturated rings. The maximum atomic E-state index is 13.2. The number of carbonyl (C=O) groups excluding carboxylic acids is 2. The van der Waals surface area contributed by atoms with Crippen molar-refractivity contribution in [1.82, 2.24) is 0 Å². The number of hydrogen-bond acceptors (Lipinski definition) is 4. The minimum absolute atomic E-state index is 0.0365. The fraction of sp³-hybridized carbons (Fsp3) is 0.810. The lowest BCUT2D eigenvalue weighted by molar-refractivity contribution is -0.161. The second-order valence-corrected chi connectivity index (χ2v) is 9.40. The fourth-order valence-corrected chi connectivity index (χ4v) is 7.67. The Balaban J connectivity index is 1.98. The highest BCUT2D eigenvalue weighted by Gasteiger charge is 2.81. The second-order valence-electron chi connectivity index (χ2n) is 9.40. The summed E-state index contributed by atoms with van der Waals surface area (Å²) in [7, 11) is 1.44. The molecule has 25 heavy (non-hydrogen) atoms. The summed E-state index contributed by atoms with van der Waals surface area (Å²) < 4.78 is 5.30. The molecule has 4 bridgehead atoms. The molecule has 0 amide bonds. The molecule has 0 heterocycles. The van der Waals surface area contributed by atoms with Crippen molar-refractivity contribution < 1.29 is 19.4 Å². The van der Waals surface area contributed by atoms with Crippen molar-refractivity contribution in [2.75, 3.05) is 13.7 Å². The van der Waals surface area contributed by atoms with E-state index in [9.17, 15) is 14.7 Å². The lowest BCUT2D eigenvalue weighted by Crippen LogP contribution is -2.52. The van der Waals surface area contributed by atoms with E-state index in [-0.39, 0.29) is 24.4 Å². The van der Waals surface area contributed by atoms with Crippen LogP contribution in [0.15, 0.2) is 11.6 Å². The van der Waals surface area contributed by atoms with Gasteiger partial charge in [-0.05, 0) is 48.9 Å². The minimum atomic E-state index is -0.833. The van der Waals surface area contributed by atoms with Crippen molar-refractivity contribution in [2.24, 2.45) is 45.8 Å². The number of methoxy groups -OCH3 is 1. The number of fused-ring (bicyclic) bond motifs is 2. The quantitative estimate of drug-likeness (QED) is 0.483. The normalized spacial score (nSPS) is 49.9. The number of aliphatic hydroxyl groups is 1. The van der Waals surface area contributed by atoms with Crippen LogP contribution in [0.3, 0.4) is 0 Å². The van der Waals surface area contributed by atoms with Gasteiger partial charge in [0.25, 0.3) is 0 Å². The van der Waals surface area contributed by atoms with Gasteiger partial charge in [0.1, 0.15) is 6.29 Å². The van der Waals surface area contributed by atoms with E-state index in [0.717, 1.165) is 31.1 Å². The van der Waals surface area contributed by atoms with Crippen molar-refractivity contribution in [2.45, 2.75) is 46.5 Å². The predicted molar refractivity (Wildman–Crippen MR) is 93.5 cm³/mol. The van der Waals surface area contributed by atoms with Gasteiger partial charge in [0.15, 0.2) is 0 Å². The molecule has 4 nitrogen and oxygen atoms in total. The van der Waals surface area contributed by atoms with Gasteiger partial charge in [-0.15, -0.1) is 0 Å². The largest absolute Gasteiger partial charge is 0.468 e. The van der Waals surface area contributed by atoms with Crippen molar-refractivity contribution >= 4 is 12.3 Å². The highest BCUT2D eigenvalue weighted by Crippen LogP contribution is 2.81. The first kappa shape index (κ1) is 17.3. The maximum absolute atomic E-state index is 13.2. The Morgan fingerprint density at radius 1 is 1.44 bits per heavy atom. The summed E-state index contributed by atoms with van der Waals surface area (Å²) in [6.07, 6.45) is 6.90. The van der Waals surface area contributed by atoms with E-state index < -0.39 is 16.2 Å². The SMILES string of the molecule is COC(=O)[C@@]12C[C@@]3(C=O)[C@@H]4CC[C@@H](C)[C@H]4C[C@@]1(CO)[C@@H]3C=C2C(C)C.